The number of carboxylic acid groups (broad SMARTS) is 1. The smallest absolute Gasteiger partial charge is 0.356 e. The number of rotatable bonds is 4. The van der Waals surface area contributed by atoms with E-state index in [-0.39, 0.29) is 17.8 Å². The lowest BCUT2D eigenvalue weighted by Crippen LogP contribution is -2.24. The van der Waals surface area contributed by atoms with Crippen molar-refractivity contribution in [1.29, 1.82) is 0 Å². The van der Waals surface area contributed by atoms with Crippen LogP contribution in [0.1, 0.15) is 16.1 Å². The zero-order valence-corrected chi connectivity index (χ0v) is 10.2. The molecule has 0 bridgehead atoms. The lowest BCUT2D eigenvalue weighted by atomic mass is 10.2. The SMILES string of the molecule is COc1cccc(Cn2nc(C(=O)O)ccc2=O)c1. The number of benzene rings is 1. The molecule has 0 amide bonds. The average Bonchev–Trinajstić information content (AvgIpc) is 2.41. The first-order valence-electron chi connectivity index (χ1n) is 5.54. The summed E-state index contributed by atoms with van der Waals surface area (Å²) in [7, 11) is 1.55. The van der Waals surface area contributed by atoms with Gasteiger partial charge in [-0.25, -0.2) is 9.48 Å². The van der Waals surface area contributed by atoms with E-state index in [2.05, 4.69) is 5.10 Å². The normalized spacial score (nSPS) is 10.2. The molecule has 0 spiro atoms. The summed E-state index contributed by atoms with van der Waals surface area (Å²) < 4.78 is 6.19. The van der Waals surface area contributed by atoms with Crippen molar-refractivity contribution in [3.05, 3.63) is 58.0 Å². The Hall–Kier alpha value is -2.63. The molecule has 0 fully saturated rings. The number of nitrogens with zero attached hydrogens (tertiary/aromatic N) is 2. The Kier molecular flexibility index (Phi) is 3.61. The quantitative estimate of drug-likeness (QED) is 0.886. The summed E-state index contributed by atoms with van der Waals surface area (Å²) in [5.41, 5.74) is 0.284. The number of hydrogen-bond acceptors (Lipinski definition) is 4. The number of aromatic carboxylic acids is 1. The largest absolute Gasteiger partial charge is 0.497 e. The second kappa shape index (κ2) is 5.34. The van der Waals surface area contributed by atoms with Crippen LogP contribution in [0, 0.1) is 0 Å². The van der Waals surface area contributed by atoms with Gasteiger partial charge in [0.25, 0.3) is 5.56 Å². The number of methoxy groups -OCH3 is 1. The van der Waals surface area contributed by atoms with E-state index in [9.17, 15) is 9.59 Å². The van der Waals surface area contributed by atoms with Crippen LogP contribution >= 0.6 is 0 Å². The Bertz CT molecular complexity index is 664. The van der Waals surface area contributed by atoms with Gasteiger partial charge in [0.1, 0.15) is 5.75 Å². The molecule has 19 heavy (non-hydrogen) atoms. The maximum atomic E-state index is 11.6. The zero-order chi connectivity index (χ0) is 13.8. The van der Waals surface area contributed by atoms with Gasteiger partial charge in [-0.05, 0) is 23.8 Å². The molecule has 1 N–H and O–H groups in total. The second-order valence-electron chi connectivity index (χ2n) is 3.87. The summed E-state index contributed by atoms with van der Waals surface area (Å²) in [4.78, 5) is 22.4. The molecule has 6 nitrogen and oxygen atoms in total. The van der Waals surface area contributed by atoms with Crippen LogP contribution in [0.15, 0.2) is 41.2 Å². The van der Waals surface area contributed by atoms with Crippen molar-refractivity contribution in [2.45, 2.75) is 6.54 Å². The molecular formula is C13H12N2O4. The summed E-state index contributed by atoms with van der Waals surface area (Å²) >= 11 is 0. The van der Waals surface area contributed by atoms with Gasteiger partial charge in [0.05, 0.1) is 13.7 Å². The number of aromatic nitrogens is 2. The van der Waals surface area contributed by atoms with Crippen molar-refractivity contribution in [2.75, 3.05) is 7.11 Å². The van der Waals surface area contributed by atoms with Gasteiger partial charge in [-0.3, -0.25) is 4.79 Å². The van der Waals surface area contributed by atoms with Gasteiger partial charge in [-0.15, -0.1) is 0 Å². The molecule has 0 saturated heterocycles. The summed E-state index contributed by atoms with van der Waals surface area (Å²) in [5, 5.41) is 12.6. The molecule has 2 aromatic rings. The first-order valence-corrected chi connectivity index (χ1v) is 5.54. The zero-order valence-electron chi connectivity index (χ0n) is 10.2. The van der Waals surface area contributed by atoms with E-state index in [0.29, 0.717) is 5.75 Å². The Morgan fingerprint density at radius 1 is 1.37 bits per heavy atom. The Morgan fingerprint density at radius 3 is 2.84 bits per heavy atom. The number of ether oxygens (including phenoxy) is 1. The van der Waals surface area contributed by atoms with Crippen LogP contribution in [0.3, 0.4) is 0 Å². The first-order chi connectivity index (χ1) is 9.10. The highest BCUT2D eigenvalue weighted by Gasteiger charge is 2.07. The molecule has 0 unspecified atom stereocenters. The van der Waals surface area contributed by atoms with E-state index < -0.39 is 5.97 Å². The van der Waals surface area contributed by atoms with Crippen LogP contribution in [0.2, 0.25) is 0 Å². The minimum absolute atomic E-state index is 0.164. The van der Waals surface area contributed by atoms with Gasteiger partial charge < -0.3 is 9.84 Å². The van der Waals surface area contributed by atoms with E-state index in [0.717, 1.165) is 10.2 Å². The highest BCUT2D eigenvalue weighted by atomic mass is 16.5. The molecule has 0 saturated carbocycles. The van der Waals surface area contributed by atoms with Crippen molar-refractivity contribution in [1.82, 2.24) is 9.78 Å². The Morgan fingerprint density at radius 2 is 2.16 bits per heavy atom. The first kappa shape index (κ1) is 12.8. The lowest BCUT2D eigenvalue weighted by molar-refractivity contribution is 0.0687. The molecule has 98 valence electrons. The third kappa shape index (κ3) is 2.98. The van der Waals surface area contributed by atoms with E-state index in [1.807, 2.05) is 6.07 Å². The molecule has 0 aliphatic carbocycles. The summed E-state index contributed by atoms with van der Waals surface area (Å²) in [6, 6.07) is 9.53. The molecule has 1 heterocycles. The highest BCUT2D eigenvalue weighted by molar-refractivity contribution is 5.84. The van der Waals surface area contributed by atoms with E-state index >= 15 is 0 Å². The Balaban J connectivity index is 2.34. The molecule has 2 rings (SSSR count). The summed E-state index contributed by atoms with van der Waals surface area (Å²) in [6.07, 6.45) is 0. The molecule has 0 radical (unpaired) electrons. The van der Waals surface area contributed by atoms with Gasteiger partial charge >= 0.3 is 5.97 Å². The van der Waals surface area contributed by atoms with Crippen LogP contribution in [0.25, 0.3) is 0 Å². The molecule has 6 heteroatoms. The molecule has 0 aliphatic rings. The topological polar surface area (TPSA) is 81.4 Å². The third-order valence-corrected chi connectivity index (χ3v) is 2.55. The lowest BCUT2D eigenvalue weighted by Gasteiger charge is -2.07. The summed E-state index contributed by atoms with van der Waals surface area (Å²) in [5.74, 6) is -0.501. The molecule has 1 aromatic heterocycles. The Labute approximate surface area is 108 Å². The second-order valence-corrected chi connectivity index (χ2v) is 3.87. The molecule has 0 atom stereocenters. The van der Waals surface area contributed by atoms with Gasteiger partial charge in [-0.2, -0.15) is 5.10 Å². The summed E-state index contributed by atoms with van der Waals surface area (Å²) in [6.45, 7) is 0.192. The maximum Gasteiger partial charge on any atom is 0.356 e. The fourth-order valence-electron chi connectivity index (χ4n) is 1.62. The third-order valence-electron chi connectivity index (χ3n) is 2.55. The van der Waals surface area contributed by atoms with Crippen molar-refractivity contribution in [2.24, 2.45) is 0 Å². The van der Waals surface area contributed by atoms with Gasteiger partial charge in [0.15, 0.2) is 5.69 Å². The fourth-order valence-corrected chi connectivity index (χ4v) is 1.62. The van der Waals surface area contributed by atoms with Gasteiger partial charge in [0, 0.05) is 6.07 Å². The van der Waals surface area contributed by atoms with Crippen LogP contribution in [0.4, 0.5) is 0 Å². The van der Waals surface area contributed by atoms with Crippen LogP contribution < -0.4 is 10.3 Å². The predicted octanol–water partition coefficient (Wildman–Crippen LogP) is 0.998. The van der Waals surface area contributed by atoms with E-state index in [1.165, 1.54) is 12.1 Å². The van der Waals surface area contributed by atoms with Crippen LogP contribution in [-0.2, 0) is 6.54 Å². The van der Waals surface area contributed by atoms with Gasteiger partial charge in [0.2, 0.25) is 0 Å². The fraction of sp³-hybridized carbons (Fsp3) is 0.154. The van der Waals surface area contributed by atoms with Crippen molar-refractivity contribution in [3.8, 4) is 5.75 Å². The molecule has 0 aliphatic heterocycles. The highest BCUT2D eigenvalue weighted by Crippen LogP contribution is 2.12. The number of carbonyl (C=O) groups is 1. The monoisotopic (exact) mass is 260 g/mol. The number of carboxylic acids is 1. The minimum atomic E-state index is -1.17. The van der Waals surface area contributed by atoms with Gasteiger partial charge in [-0.1, -0.05) is 12.1 Å². The average molecular weight is 260 g/mol. The van der Waals surface area contributed by atoms with E-state index in [1.54, 1.807) is 25.3 Å². The van der Waals surface area contributed by atoms with E-state index in [4.69, 9.17) is 9.84 Å². The van der Waals surface area contributed by atoms with Crippen molar-refractivity contribution in [3.63, 3.8) is 0 Å². The van der Waals surface area contributed by atoms with Crippen LogP contribution in [-0.4, -0.2) is 28.0 Å². The van der Waals surface area contributed by atoms with Crippen LogP contribution in [0.5, 0.6) is 5.75 Å². The minimum Gasteiger partial charge on any atom is -0.497 e. The maximum absolute atomic E-state index is 11.6. The molecule has 1 aromatic carbocycles. The predicted molar refractivity (Wildman–Crippen MR) is 67.6 cm³/mol. The standard InChI is InChI=1S/C13H12N2O4/c1-19-10-4-2-3-9(7-10)8-15-12(16)6-5-11(14-15)13(17)18/h2-7H,8H2,1H3,(H,17,18). The van der Waals surface area contributed by atoms with Crippen molar-refractivity contribution < 1.29 is 14.6 Å². The molecular weight excluding hydrogens is 248 g/mol. The van der Waals surface area contributed by atoms with Crippen molar-refractivity contribution >= 4 is 5.97 Å². The number of hydrogen-bond donors (Lipinski definition) is 1.